The molecular formula is C54H37N. The molecule has 0 bridgehead atoms. The molecule has 1 heteroatoms. The van der Waals surface area contributed by atoms with Crippen molar-refractivity contribution >= 4 is 49.4 Å². The molecule has 0 aromatic heterocycles. The molecule has 0 aliphatic carbocycles. The van der Waals surface area contributed by atoms with E-state index in [9.17, 15) is 0 Å². The first-order valence-electron chi connectivity index (χ1n) is 18.9. The third kappa shape index (κ3) is 6.22. The first-order chi connectivity index (χ1) is 27.2. The van der Waals surface area contributed by atoms with Crippen LogP contribution in [0.25, 0.3) is 76.8 Å². The topological polar surface area (TPSA) is 3.24 Å². The minimum absolute atomic E-state index is 1.10. The summed E-state index contributed by atoms with van der Waals surface area (Å²) in [6, 6.07) is 81.5. The zero-order valence-corrected chi connectivity index (χ0v) is 30.3. The van der Waals surface area contributed by atoms with Crippen molar-refractivity contribution in [1.29, 1.82) is 0 Å². The van der Waals surface area contributed by atoms with E-state index in [0.717, 1.165) is 17.1 Å². The summed E-state index contributed by atoms with van der Waals surface area (Å²) in [6.07, 6.45) is 0. The minimum atomic E-state index is 1.10. The summed E-state index contributed by atoms with van der Waals surface area (Å²) in [6.45, 7) is 0. The standard InChI is InChI=1S/C54H37N/c1-3-12-38(13-4-1)44-18-9-19-45(34-44)46-20-10-21-49(35-46)55(50-33-30-43-25-24-41-16-7-8-22-51(41)54(43)37-50)48-31-28-39(29-32-48)47-27-26-42-17-11-23-52(53(42)36-47)40-14-5-2-6-15-40/h1-37H. The molecule has 0 aliphatic heterocycles. The molecule has 0 aliphatic rings. The van der Waals surface area contributed by atoms with Gasteiger partial charge in [0.2, 0.25) is 0 Å². The van der Waals surface area contributed by atoms with Crippen LogP contribution >= 0.6 is 0 Å². The van der Waals surface area contributed by atoms with Crippen LogP contribution in [0.15, 0.2) is 224 Å². The van der Waals surface area contributed by atoms with Crippen LogP contribution in [0.5, 0.6) is 0 Å². The maximum Gasteiger partial charge on any atom is 0.0468 e. The van der Waals surface area contributed by atoms with Crippen LogP contribution in [-0.4, -0.2) is 0 Å². The lowest BCUT2D eigenvalue weighted by Crippen LogP contribution is -2.10. The molecule has 0 saturated heterocycles. The second-order valence-electron chi connectivity index (χ2n) is 14.2. The SMILES string of the molecule is c1ccc(-c2cccc(-c3cccc(N(c4ccc(-c5ccc6cccc(-c7ccccc7)c6c5)cc4)c4ccc5ccc6ccccc6c5c4)c3)c2)cc1. The Morgan fingerprint density at radius 3 is 1.49 bits per heavy atom. The van der Waals surface area contributed by atoms with Crippen molar-refractivity contribution in [2.75, 3.05) is 4.90 Å². The van der Waals surface area contributed by atoms with Gasteiger partial charge in [-0.3, -0.25) is 0 Å². The average Bonchev–Trinajstić information content (AvgIpc) is 3.27. The summed E-state index contributed by atoms with van der Waals surface area (Å²) in [5.74, 6) is 0. The van der Waals surface area contributed by atoms with E-state index in [0.29, 0.717) is 0 Å². The molecule has 55 heavy (non-hydrogen) atoms. The maximum atomic E-state index is 2.39. The average molecular weight is 700 g/mol. The minimum Gasteiger partial charge on any atom is -0.310 e. The number of benzene rings is 10. The monoisotopic (exact) mass is 699 g/mol. The molecule has 0 spiro atoms. The highest BCUT2D eigenvalue weighted by molar-refractivity contribution is 6.09. The largest absolute Gasteiger partial charge is 0.310 e. The molecule has 0 amide bonds. The van der Waals surface area contributed by atoms with Crippen LogP contribution < -0.4 is 4.90 Å². The Morgan fingerprint density at radius 1 is 0.218 bits per heavy atom. The van der Waals surface area contributed by atoms with Gasteiger partial charge in [-0.15, -0.1) is 0 Å². The predicted molar refractivity (Wildman–Crippen MR) is 235 cm³/mol. The van der Waals surface area contributed by atoms with Crippen molar-refractivity contribution in [3.05, 3.63) is 224 Å². The van der Waals surface area contributed by atoms with Gasteiger partial charge in [-0.25, -0.2) is 0 Å². The van der Waals surface area contributed by atoms with Gasteiger partial charge in [0.1, 0.15) is 0 Å². The molecule has 0 saturated carbocycles. The molecule has 0 unspecified atom stereocenters. The van der Waals surface area contributed by atoms with Gasteiger partial charge < -0.3 is 4.90 Å². The van der Waals surface area contributed by atoms with Crippen molar-refractivity contribution < 1.29 is 0 Å². The van der Waals surface area contributed by atoms with Gasteiger partial charge >= 0.3 is 0 Å². The summed E-state index contributed by atoms with van der Waals surface area (Å²) in [7, 11) is 0. The molecule has 10 rings (SSSR count). The zero-order valence-electron chi connectivity index (χ0n) is 30.3. The van der Waals surface area contributed by atoms with Crippen LogP contribution in [0.1, 0.15) is 0 Å². The van der Waals surface area contributed by atoms with Crippen LogP contribution in [0, 0.1) is 0 Å². The first-order valence-corrected chi connectivity index (χ1v) is 18.9. The van der Waals surface area contributed by atoms with E-state index in [1.54, 1.807) is 0 Å². The van der Waals surface area contributed by atoms with Gasteiger partial charge in [0.25, 0.3) is 0 Å². The van der Waals surface area contributed by atoms with Crippen molar-refractivity contribution in [3.8, 4) is 44.5 Å². The van der Waals surface area contributed by atoms with Crippen LogP contribution in [0.4, 0.5) is 17.1 Å². The Bertz CT molecular complexity index is 2960. The number of anilines is 3. The smallest absolute Gasteiger partial charge is 0.0468 e. The summed E-state index contributed by atoms with van der Waals surface area (Å²) in [5, 5.41) is 7.48. The van der Waals surface area contributed by atoms with E-state index < -0.39 is 0 Å². The third-order valence-corrected chi connectivity index (χ3v) is 10.8. The molecule has 0 radical (unpaired) electrons. The van der Waals surface area contributed by atoms with Crippen LogP contribution in [0.3, 0.4) is 0 Å². The highest BCUT2D eigenvalue weighted by Crippen LogP contribution is 2.41. The number of rotatable bonds is 7. The Kier molecular flexibility index (Phi) is 8.24. The van der Waals surface area contributed by atoms with Crippen LogP contribution in [-0.2, 0) is 0 Å². The second-order valence-corrected chi connectivity index (χ2v) is 14.2. The van der Waals surface area contributed by atoms with E-state index in [1.165, 1.54) is 76.8 Å². The van der Waals surface area contributed by atoms with E-state index in [2.05, 4.69) is 229 Å². The molecule has 1 nitrogen and oxygen atoms in total. The number of fused-ring (bicyclic) bond motifs is 4. The highest BCUT2D eigenvalue weighted by Gasteiger charge is 2.16. The Balaban J connectivity index is 1.09. The molecule has 0 fully saturated rings. The second kappa shape index (κ2) is 14.0. The Hall–Kier alpha value is -7.22. The first kappa shape index (κ1) is 32.4. The molecule has 0 heterocycles. The maximum absolute atomic E-state index is 2.39. The fourth-order valence-electron chi connectivity index (χ4n) is 8.03. The van der Waals surface area contributed by atoms with Gasteiger partial charge in [0.05, 0.1) is 0 Å². The number of hydrogen-bond donors (Lipinski definition) is 0. The lowest BCUT2D eigenvalue weighted by molar-refractivity contribution is 1.29. The molecule has 10 aromatic carbocycles. The van der Waals surface area contributed by atoms with Gasteiger partial charge in [-0.05, 0) is 125 Å². The van der Waals surface area contributed by atoms with Crippen LogP contribution in [0.2, 0.25) is 0 Å². The van der Waals surface area contributed by atoms with Crippen molar-refractivity contribution in [2.45, 2.75) is 0 Å². The predicted octanol–water partition coefficient (Wildman–Crippen LogP) is 15.3. The van der Waals surface area contributed by atoms with Crippen molar-refractivity contribution in [2.24, 2.45) is 0 Å². The third-order valence-electron chi connectivity index (χ3n) is 10.8. The summed E-state index contributed by atoms with van der Waals surface area (Å²) in [5.41, 5.74) is 13.0. The van der Waals surface area contributed by atoms with Crippen molar-refractivity contribution in [3.63, 3.8) is 0 Å². The van der Waals surface area contributed by atoms with Gasteiger partial charge in [0.15, 0.2) is 0 Å². The fraction of sp³-hybridized carbons (Fsp3) is 0. The molecule has 258 valence electrons. The van der Waals surface area contributed by atoms with E-state index in [1.807, 2.05) is 0 Å². The van der Waals surface area contributed by atoms with Crippen molar-refractivity contribution in [1.82, 2.24) is 0 Å². The quantitative estimate of drug-likeness (QED) is 0.150. The van der Waals surface area contributed by atoms with Gasteiger partial charge in [-0.2, -0.15) is 0 Å². The summed E-state index contributed by atoms with van der Waals surface area (Å²) >= 11 is 0. The number of nitrogens with zero attached hydrogens (tertiary/aromatic N) is 1. The molecule has 0 atom stereocenters. The summed E-state index contributed by atoms with van der Waals surface area (Å²) in [4.78, 5) is 2.39. The highest BCUT2D eigenvalue weighted by atomic mass is 15.1. The lowest BCUT2D eigenvalue weighted by Gasteiger charge is -2.27. The molecule has 10 aromatic rings. The van der Waals surface area contributed by atoms with Gasteiger partial charge in [0, 0.05) is 17.1 Å². The lowest BCUT2D eigenvalue weighted by atomic mass is 9.94. The van der Waals surface area contributed by atoms with E-state index >= 15 is 0 Å². The zero-order chi connectivity index (χ0) is 36.6. The van der Waals surface area contributed by atoms with E-state index in [-0.39, 0.29) is 0 Å². The summed E-state index contributed by atoms with van der Waals surface area (Å²) < 4.78 is 0. The number of hydrogen-bond acceptors (Lipinski definition) is 1. The molecule has 0 N–H and O–H groups in total. The Morgan fingerprint density at radius 2 is 0.691 bits per heavy atom. The molecular weight excluding hydrogens is 663 g/mol. The van der Waals surface area contributed by atoms with Gasteiger partial charge in [-0.1, -0.05) is 176 Å². The van der Waals surface area contributed by atoms with E-state index in [4.69, 9.17) is 0 Å². The fourth-order valence-corrected chi connectivity index (χ4v) is 8.03. The Labute approximate surface area is 322 Å². The normalized spacial score (nSPS) is 11.3.